The van der Waals surface area contributed by atoms with Crippen molar-refractivity contribution in [1.29, 1.82) is 0 Å². The first kappa shape index (κ1) is 12.5. The number of halogens is 2. The summed E-state index contributed by atoms with van der Waals surface area (Å²) < 4.78 is 31.7. The summed E-state index contributed by atoms with van der Waals surface area (Å²) in [5.41, 5.74) is 6.23. The lowest BCUT2D eigenvalue weighted by Crippen LogP contribution is -2.32. The van der Waals surface area contributed by atoms with E-state index in [4.69, 9.17) is 10.5 Å². The van der Waals surface area contributed by atoms with Crippen molar-refractivity contribution in [2.75, 3.05) is 0 Å². The molecule has 0 aromatic heterocycles. The highest BCUT2D eigenvalue weighted by molar-refractivity contribution is 5.17. The molecule has 1 aliphatic carbocycles. The summed E-state index contributed by atoms with van der Waals surface area (Å²) in [6, 6.07) is 3.74. The maximum atomic E-state index is 13.3. The van der Waals surface area contributed by atoms with Crippen LogP contribution >= 0.6 is 0 Å². The monoisotopic (exact) mass is 241 g/mol. The lowest BCUT2D eigenvalue weighted by atomic mass is 9.93. The van der Waals surface area contributed by atoms with Crippen LogP contribution in [0.3, 0.4) is 0 Å². The molecule has 0 spiro atoms. The van der Waals surface area contributed by atoms with Gasteiger partial charge in [-0.2, -0.15) is 0 Å². The quantitative estimate of drug-likeness (QED) is 0.883. The summed E-state index contributed by atoms with van der Waals surface area (Å²) in [7, 11) is 0. The van der Waals surface area contributed by atoms with Gasteiger partial charge in [0.25, 0.3) is 0 Å². The molecule has 94 valence electrons. The molecule has 0 radical (unpaired) electrons. The summed E-state index contributed by atoms with van der Waals surface area (Å²) in [5.74, 6) is -1.11. The normalized spacial score (nSPS) is 24.9. The van der Waals surface area contributed by atoms with Crippen LogP contribution in [0, 0.1) is 11.6 Å². The summed E-state index contributed by atoms with van der Waals surface area (Å²) in [5, 5.41) is 0. The zero-order valence-corrected chi connectivity index (χ0v) is 9.66. The summed E-state index contributed by atoms with van der Waals surface area (Å²) in [4.78, 5) is 0. The van der Waals surface area contributed by atoms with Gasteiger partial charge in [0.2, 0.25) is 0 Å². The van der Waals surface area contributed by atoms with Crippen LogP contribution in [0.2, 0.25) is 0 Å². The molecule has 2 N–H and O–H groups in total. The van der Waals surface area contributed by atoms with E-state index in [1.807, 2.05) is 0 Å². The molecular weight excluding hydrogens is 224 g/mol. The Morgan fingerprint density at radius 2 is 2.12 bits per heavy atom. The minimum Gasteiger partial charge on any atom is -0.373 e. The Balaban J connectivity index is 1.88. The Morgan fingerprint density at radius 3 is 2.82 bits per heavy atom. The predicted octanol–water partition coefficient (Wildman–Crippen LogP) is 2.75. The van der Waals surface area contributed by atoms with Gasteiger partial charge < -0.3 is 10.5 Å². The van der Waals surface area contributed by atoms with E-state index in [0.29, 0.717) is 5.56 Å². The fourth-order valence-corrected chi connectivity index (χ4v) is 2.18. The molecule has 1 aromatic carbocycles. The highest BCUT2D eigenvalue weighted by atomic mass is 19.1. The Morgan fingerprint density at radius 1 is 1.29 bits per heavy atom. The average molecular weight is 241 g/mol. The van der Waals surface area contributed by atoms with Gasteiger partial charge in [0.1, 0.15) is 11.6 Å². The number of rotatable bonds is 3. The van der Waals surface area contributed by atoms with Crippen molar-refractivity contribution < 1.29 is 13.5 Å². The second-order valence-electron chi connectivity index (χ2n) is 4.60. The molecule has 0 bridgehead atoms. The van der Waals surface area contributed by atoms with Crippen LogP contribution in [0.5, 0.6) is 0 Å². The van der Waals surface area contributed by atoms with Crippen LogP contribution in [0.4, 0.5) is 8.78 Å². The van der Waals surface area contributed by atoms with Crippen LogP contribution in [-0.4, -0.2) is 12.1 Å². The summed E-state index contributed by atoms with van der Waals surface area (Å²) in [6.45, 7) is 0.184. The Labute approximate surface area is 99.8 Å². The maximum Gasteiger partial charge on any atom is 0.131 e. The van der Waals surface area contributed by atoms with E-state index < -0.39 is 11.6 Å². The average Bonchev–Trinajstić information content (AvgIpc) is 2.28. The van der Waals surface area contributed by atoms with Crippen molar-refractivity contribution in [3.05, 3.63) is 35.4 Å². The molecule has 2 nitrogen and oxygen atoms in total. The van der Waals surface area contributed by atoms with Gasteiger partial charge in [-0.1, -0.05) is 6.07 Å². The molecule has 2 atom stereocenters. The van der Waals surface area contributed by atoms with Gasteiger partial charge in [-0.25, -0.2) is 8.78 Å². The van der Waals surface area contributed by atoms with Gasteiger partial charge >= 0.3 is 0 Å². The largest absolute Gasteiger partial charge is 0.373 e. The molecule has 17 heavy (non-hydrogen) atoms. The number of nitrogens with two attached hydrogens (primary N) is 1. The van der Waals surface area contributed by atoms with Crippen LogP contribution in [-0.2, 0) is 11.3 Å². The van der Waals surface area contributed by atoms with E-state index in [9.17, 15) is 8.78 Å². The first-order chi connectivity index (χ1) is 8.15. The molecule has 0 aliphatic heterocycles. The molecule has 4 heteroatoms. The van der Waals surface area contributed by atoms with Gasteiger partial charge in [-0.15, -0.1) is 0 Å². The zero-order chi connectivity index (χ0) is 12.3. The van der Waals surface area contributed by atoms with Gasteiger partial charge in [0, 0.05) is 17.7 Å². The van der Waals surface area contributed by atoms with Crippen molar-refractivity contribution in [3.63, 3.8) is 0 Å². The van der Waals surface area contributed by atoms with Crippen molar-refractivity contribution in [3.8, 4) is 0 Å². The highest BCUT2D eigenvalue weighted by Crippen LogP contribution is 2.21. The molecule has 0 saturated heterocycles. The van der Waals surface area contributed by atoms with Crippen molar-refractivity contribution in [2.24, 2.45) is 5.73 Å². The number of hydrogen-bond donors (Lipinski definition) is 1. The van der Waals surface area contributed by atoms with Gasteiger partial charge in [-0.05, 0) is 31.7 Å². The third-order valence-electron chi connectivity index (χ3n) is 3.16. The second kappa shape index (κ2) is 5.56. The number of benzene rings is 1. The first-order valence-corrected chi connectivity index (χ1v) is 5.96. The van der Waals surface area contributed by atoms with E-state index in [-0.39, 0.29) is 18.8 Å². The van der Waals surface area contributed by atoms with E-state index in [1.54, 1.807) is 0 Å². The lowest BCUT2D eigenvalue weighted by Gasteiger charge is -2.26. The highest BCUT2D eigenvalue weighted by Gasteiger charge is 2.20. The van der Waals surface area contributed by atoms with Crippen LogP contribution < -0.4 is 5.73 Å². The zero-order valence-electron chi connectivity index (χ0n) is 9.66. The van der Waals surface area contributed by atoms with Crippen LogP contribution in [0.25, 0.3) is 0 Å². The Hall–Kier alpha value is -1.00. The fourth-order valence-electron chi connectivity index (χ4n) is 2.18. The summed E-state index contributed by atoms with van der Waals surface area (Å²) >= 11 is 0. The van der Waals surface area contributed by atoms with Crippen LogP contribution in [0.15, 0.2) is 18.2 Å². The smallest absolute Gasteiger partial charge is 0.131 e. The van der Waals surface area contributed by atoms with Gasteiger partial charge in [-0.3, -0.25) is 0 Å². The molecule has 2 unspecified atom stereocenters. The SMILES string of the molecule is NC1CCCC(OCc2ccc(F)cc2F)C1. The summed E-state index contributed by atoms with van der Waals surface area (Å²) in [6.07, 6.45) is 3.98. The number of ether oxygens (including phenoxy) is 1. The molecule has 1 aliphatic rings. The molecule has 0 amide bonds. The van der Waals surface area contributed by atoms with Crippen molar-refractivity contribution in [2.45, 2.75) is 44.4 Å². The fraction of sp³-hybridized carbons (Fsp3) is 0.538. The molecular formula is C13H17F2NO. The van der Waals surface area contributed by atoms with E-state index in [0.717, 1.165) is 31.7 Å². The molecule has 1 saturated carbocycles. The van der Waals surface area contributed by atoms with Gasteiger partial charge in [0.15, 0.2) is 0 Å². The third kappa shape index (κ3) is 3.48. The van der Waals surface area contributed by atoms with E-state index >= 15 is 0 Å². The Kier molecular flexibility index (Phi) is 4.07. The standard InChI is InChI=1S/C13H17F2NO/c14-10-5-4-9(13(15)6-10)8-17-12-3-1-2-11(16)7-12/h4-6,11-12H,1-3,7-8,16H2. The predicted molar refractivity (Wildman–Crippen MR) is 61.4 cm³/mol. The van der Waals surface area contributed by atoms with Crippen molar-refractivity contribution in [1.82, 2.24) is 0 Å². The minimum absolute atomic E-state index is 0.100. The first-order valence-electron chi connectivity index (χ1n) is 5.96. The number of hydrogen-bond acceptors (Lipinski definition) is 2. The van der Waals surface area contributed by atoms with E-state index in [1.165, 1.54) is 12.1 Å². The van der Waals surface area contributed by atoms with Crippen molar-refractivity contribution >= 4 is 0 Å². The third-order valence-corrected chi connectivity index (χ3v) is 3.16. The molecule has 2 rings (SSSR count). The minimum atomic E-state index is -0.564. The van der Waals surface area contributed by atoms with Gasteiger partial charge in [0.05, 0.1) is 12.7 Å². The lowest BCUT2D eigenvalue weighted by molar-refractivity contribution is 0.0110. The van der Waals surface area contributed by atoms with E-state index in [2.05, 4.69) is 0 Å². The second-order valence-corrected chi connectivity index (χ2v) is 4.60. The topological polar surface area (TPSA) is 35.2 Å². The molecule has 1 aromatic rings. The maximum absolute atomic E-state index is 13.3. The molecule has 1 fully saturated rings. The van der Waals surface area contributed by atoms with Crippen LogP contribution in [0.1, 0.15) is 31.2 Å². The molecule has 0 heterocycles. The Bertz CT molecular complexity index is 384.